The van der Waals surface area contributed by atoms with Crippen LogP contribution in [0.5, 0.6) is 0 Å². The average molecular weight is 225 g/mol. The van der Waals surface area contributed by atoms with E-state index in [9.17, 15) is 0 Å². The first-order valence-corrected chi connectivity index (χ1v) is 3.60. The van der Waals surface area contributed by atoms with E-state index in [-0.39, 0.29) is 32.7 Å². The predicted octanol–water partition coefficient (Wildman–Crippen LogP) is 2.52. The van der Waals surface area contributed by atoms with Crippen LogP contribution in [0.3, 0.4) is 0 Å². The second kappa shape index (κ2) is 8.35. The standard InChI is InChI=1S/C7H8N.C2H6.Y/c1-6-3-4-7(2)8-5-6;1-2;/h4-5H,1-2H3;1-2H3;/q-1;;. The number of nitrogens with zero attached hydrogens (tertiary/aromatic N) is 1. The van der Waals surface area contributed by atoms with Crippen molar-refractivity contribution in [2.24, 2.45) is 0 Å². The summed E-state index contributed by atoms with van der Waals surface area (Å²) in [5.74, 6) is 0. The Morgan fingerprint density at radius 1 is 1.27 bits per heavy atom. The third kappa shape index (κ3) is 6.64. The normalized spacial score (nSPS) is 7.27. The summed E-state index contributed by atoms with van der Waals surface area (Å²) in [6.45, 7) is 7.93. The SMILES string of the molecule is CC.Cc1[c-]cc(C)nc1.[Y]. The molecule has 11 heavy (non-hydrogen) atoms. The molecule has 0 saturated heterocycles. The Balaban J connectivity index is 0. The number of hydrogen-bond donors (Lipinski definition) is 0. The molecule has 0 fully saturated rings. The molecule has 1 radical (unpaired) electrons. The van der Waals surface area contributed by atoms with Crippen molar-refractivity contribution in [2.45, 2.75) is 27.7 Å². The molecule has 0 unspecified atom stereocenters. The molecule has 0 aromatic carbocycles. The molecule has 0 N–H and O–H groups in total. The third-order valence-corrected chi connectivity index (χ3v) is 0.971. The van der Waals surface area contributed by atoms with Gasteiger partial charge in [0.05, 0.1) is 0 Å². The maximum absolute atomic E-state index is 4.05. The zero-order valence-corrected chi connectivity index (χ0v) is 10.5. The summed E-state index contributed by atoms with van der Waals surface area (Å²) < 4.78 is 0. The second-order valence-electron chi connectivity index (χ2n) is 1.87. The molecular weight excluding hydrogens is 211 g/mol. The quantitative estimate of drug-likeness (QED) is 0.618. The van der Waals surface area contributed by atoms with Crippen molar-refractivity contribution in [3.05, 3.63) is 29.6 Å². The van der Waals surface area contributed by atoms with Gasteiger partial charge in [-0.1, -0.05) is 39.6 Å². The fourth-order valence-electron chi connectivity index (χ4n) is 0.491. The molecule has 0 amide bonds. The summed E-state index contributed by atoms with van der Waals surface area (Å²) in [6.07, 6.45) is 1.81. The maximum Gasteiger partial charge on any atom is 0 e. The predicted molar refractivity (Wildman–Crippen MR) is 43.9 cm³/mol. The summed E-state index contributed by atoms with van der Waals surface area (Å²) in [7, 11) is 0. The largest absolute Gasteiger partial charge is 0.388 e. The number of pyridine rings is 1. The van der Waals surface area contributed by atoms with Crippen LogP contribution in [-0.4, -0.2) is 4.98 Å². The second-order valence-corrected chi connectivity index (χ2v) is 1.87. The minimum atomic E-state index is 0. The molecule has 0 spiro atoms. The molecule has 0 atom stereocenters. The fraction of sp³-hybridized carbons (Fsp3) is 0.444. The topological polar surface area (TPSA) is 12.9 Å². The third-order valence-electron chi connectivity index (χ3n) is 0.971. The summed E-state index contributed by atoms with van der Waals surface area (Å²) in [4.78, 5) is 4.05. The molecule has 0 aliphatic heterocycles. The first-order valence-electron chi connectivity index (χ1n) is 3.60. The summed E-state index contributed by atoms with van der Waals surface area (Å²) in [6, 6.07) is 4.92. The van der Waals surface area contributed by atoms with Gasteiger partial charge >= 0.3 is 0 Å². The van der Waals surface area contributed by atoms with Crippen LogP contribution in [0.1, 0.15) is 25.1 Å². The molecule has 0 bridgehead atoms. The monoisotopic (exact) mass is 225 g/mol. The number of aromatic nitrogens is 1. The van der Waals surface area contributed by atoms with E-state index in [1.807, 2.05) is 40.0 Å². The van der Waals surface area contributed by atoms with E-state index in [0.29, 0.717) is 0 Å². The molecule has 2 heteroatoms. The van der Waals surface area contributed by atoms with Crippen LogP contribution in [0.2, 0.25) is 0 Å². The first kappa shape index (κ1) is 13.8. The van der Waals surface area contributed by atoms with Crippen molar-refractivity contribution in [2.75, 3.05) is 0 Å². The molecule has 0 saturated carbocycles. The van der Waals surface area contributed by atoms with E-state index in [1.165, 1.54) is 0 Å². The molecule has 1 nitrogen and oxygen atoms in total. The van der Waals surface area contributed by atoms with E-state index in [1.54, 1.807) is 0 Å². The van der Waals surface area contributed by atoms with Gasteiger partial charge in [-0.2, -0.15) is 12.1 Å². The molecule has 1 heterocycles. The van der Waals surface area contributed by atoms with E-state index < -0.39 is 0 Å². The van der Waals surface area contributed by atoms with Crippen LogP contribution < -0.4 is 0 Å². The van der Waals surface area contributed by atoms with Crippen molar-refractivity contribution < 1.29 is 32.7 Å². The van der Waals surface area contributed by atoms with Crippen molar-refractivity contribution in [3.63, 3.8) is 0 Å². The van der Waals surface area contributed by atoms with Crippen LogP contribution in [0.15, 0.2) is 12.3 Å². The minimum Gasteiger partial charge on any atom is -0.388 e. The van der Waals surface area contributed by atoms with Crippen LogP contribution in [0, 0.1) is 19.9 Å². The minimum absolute atomic E-state index is 0. The molecule has 1 rings (SSSR count). The van der Waals surface area contributed by atoms with E-state index in [2.05, 4.69) is 11.1 Å². The first-order chi connectivity index (χ1) is 4.79. The molecule has 0 aliphatic carbocycles. The van der Waals surface area contributed by atoms with Gasteiger partial charge in [0.15, 0.2) is 0 Å². The average Bonchev–Trinajstić information content (AvgIpc) is 2.00. The summed E-state index contributed by atoms with van der Waals surface area (Å²) >= 11 is 0. The van der Waals surface area contributed by atoms with Crippen molar-refractivity contribution in [3.8, 4) is 0 Å². The van der Waals surface area contributed by atoms with E-state index in [0.717, 1.165) is 11.3 Å². The van der Waals surface area contributed by atoms with Gasteiger partial charge in [-0.05, 0) is 0 Å². The van der Waals surface area contributed by atoms with Gasteiger partial charge < -0.3 is 4.98 Å². The Morgan fingerprint density at radius 2 is 1.82 bits per heavy atom. The van der Waals surface area contributed by atoms with Crippen LogP contribution in [0.25, 0.3) is 0 Å². The zero-order chi connectivity index (χ0) is 7.98. The van der Waals surface area contributed by atoms with Crippen LogP contribution in [0.4, 0.5) is 0 Å². The zero-order valence-electron chi connectivity index (χ0n) is 7.68. The number of hydrogen-bond acceptors (Lipinski definition) is 1. The fourth-order valence-corrected chi connectivity index (χ4v) is 0.491. The van der Waals surface area contributed by atoms with Gasteiger partial charge in [0, 0.05) is 32.7 Å². The van der Waals surface area contributed by atoms with Crippen LogP contribution in [-0.2, 0) is 32.7 Å². The molecule has 59 valence electrons. The smallest absolute Gasteiger partial charge is 0 e. The Kier molecular flexibility index (Phi) is 10.5. The van der Waals surface area contributed by atoms with Crippen molar-refractivity contribution >= 4 is 0 Å². The van der Waals surface area contributed by atoms with Gasteiger partial charge in [-0.15, -0.1) is 5.56 Å². The van der Waals surface area contributed by atoms with Gasteiger partial charge in [0.25, 0.3) is 0 Å². The Morgan fingerprint density at radius 3 is 2.09 bits per heavy atom. The number of aryl methyl sites for hydroxylation is 2. The van der Waals surface area contributed by atoms with Crippen LogP contribution >= 0.6 is 0 Å². The van der Waals surface area contributed by atoms with Gasteiger partial charge in [-0.25, -0.2) is 0 Å². The maximum atomic E-state index is 4.05. The van der Waals surface area contributed by atoms with Gasteiger partial charge in [-0.3, -0.25) is 0 Å². The Labute approximate surface area is 94.5 Å². The Bertz CT molecular complexity index is 148. The Hall–Kier alpha value is 0.254. The number of rotatable bonds is 0. The van der Waals surface area contributed by atoms with Crippen molar-refractivity contribution in [1.82, 2.24) is 4.98 Å². The molecule has 1 aromatic heterocycles. The molecule has 0 aliphatic rings. The summed E-state index contributed by atoms with van der Waals surface area (Å²) in [5, 5.41) is 0. The molecular formula is C9H14NY-. The van der Waals surface area contributed by atoms with Gasteiger partial charge in [0.1, 0.15) is 0 Å². The summed E-state index contributed by atoms with van der Waals surface area (Å²) in [5.41, 5.74) is 2.12. The van der Waals surface area contributed by atoms with E-state index >= 15 is 0 Å². The van der Waals surface area contributed by atoms with Gasteiger partial charge in [0.2, 0.25) is 0 Å². The van der Waals surface area contributed by atoms with Crippen molar-refractivity contribution in [1.29, 1.82) is 0 Å². The van der Waals surface area contributed by atoms with E-state index in [4.69, 9.17) is 0 Å². The molecule has 1 aromatic rings.